The van der Waals surface area contributed by atoms with Gasteiger partial charge in [0.15, 0.2) is 0 Å². The molecule has 1 aromatic heterocycles. The summed E-state index contributed by atoms with van der Waals surface area (Å²) in [5, 5.41) is 12.9. The molecule has 0 aliphatic rings. The molecule has 0 radical (unpaired) electrons. The fourth-order valence-corrected chi connectivity index (χ4v) is 1.77. The highest BCUT2D eigenvalue weighted by molar-refractivity contribution is 5.46. The normalized spacial score (nSPS) is 11.6. The van der Waals surface area contributed by atoms with Crippen molar-refractivity contribution in [2.75, 3.05) is 7.11 Å². The average Bonchev–Trinajstić information content (AvgIpc) is 2.80. The van der Waals surface area contributed by atoms with Gasteiger partial charge in [0.2, 0.25) is 5.88 Å². The minimum atomic E-state index is -4.49. The number of benzene rings is 1. The Kier molecular flexibility index (Phi) is 3.48. The minimum Gasteiger partial charge on any atom is -0.481 e. The van der Waals surface area contributed by atoms with Gasteiger partial charge < -0.3 is 9.84 Å². The van der Waals surface area contributed by atoms with Crippen LogP contribution < -0.4 is 4.74 Å². The first kappa shape index (κ1) is 13.4. The second-order valence-electron chi connectivity index (χ2n) is 3.76. The van der Waals surface area contributed by atoms with Crippen molar-refractivity contribution in [3.63, 3.8) is 0 Å². The van der Waals surface area contributed by atoms with Gasteiger partial charge >= 0.3 is 6.18 Å². The molecule has 0 atom stereocenters. The number of methoxy groups -OCH3 is 1. The second kappa shape index (κ2) is 4.93. The van der Waals surface area contributed by atoms with Crippen molar-refractivity contribution in [2.24, 2.45) is 0 Å². The molecule has 7 heteroatoms. The number of halogens is 3. The molecule has 0 bridgehead atoms. The molecule has 0 aliphatic carbocycles. The topological polar surface area (TPSA) is 47.3 Å². The number of aliphatic hydroxyl groups is 1. The van der Waals surface area contributed by atoms with E-state index >= 15 is 0 Å². The van der Waals surface area contributed by atoms with Crippen molar-refractivity contribution in [1.82, 2.24) is 9.78 Å². The summed E-state index contributed by atoms with van der Waals surface area (Å²) in [5.74, 6) is 0.0826. The highest BCUT2D eigenvalue weighted by Crippen LogP contribution is 2.35. The van der Waals surface area contributed by atoms with Crippen LogP contribution in [0, 0.1) is 0 Å². The molecule has 4 nitrogen and oxygen atoms in total. The molecular formula is C12H11F3N2O2. The van der Waals surface area contributed by atoms with E-state index in [2.05, 4.69) is 5.10 Å². The van der Waals surface area contributed by atoms with E-state index in [-0.39, 0.29) is 18.2 Å². The third-order valence-electron chi connectivity index (χ3n) is 2.60. The van der Waals surface area contributed by atoms with Gasteiger partial charge in [0, 0.05) is 0 Å². The van der Waals surface area contributed by atoms with Crippen LogP contribution in [0.1, 0.15) is 11.1 Å². The maximum Gasteiger partial charge on any atom is 0.418 e. The van der Waals surface area contributed by atoms with Gasteiger partial charge in [0.25, 0.3) is 0 Å². The van der Waals surface area contributed by atoms with Crippen molar-refractivity contribution in [3.8, 4) is 11.6 Å². The van der Waals surface area contributed by atoms with Crippen molar-refractivity contribution in [2.45, 2.75) is 12.8 Å². The Balaban J connectivity index is 2.63. The number of nitrogens with zero attached hydrogens (tertiary/aromatic N) is 2. The van der Waals surface area contributed by atoms with Gasteiger partial charge in [-0.25, -0.2) is 4.68 Å². The van der Waals surface area contributed by atoms with Gasteiger partial charge in [-0.15, -0.1) is 0 Å². The minimum absolute atomic E-state index is 0.0826. The number of para-hydroxylation sites is 1. The van der Waals surface area contributed by atoms with Gasteiger partial charge in [-0.05, 0) is 12.1 Å². The van der Waals surface area contributed by atoms with Gasteiger partial charge in [0.1, 0.15) is 0 Å². The molecule has 1 aromatic carbocycles. The number of hydrogen-bond acceptors (Lipinski definition) is 3. The Labute approximate surface area is 107 Å². The van der Waals surface area contributed by atoms with E-state index in [1.807, 2.05) is 0 Å². The molecule has 0 amide bonds. The SMILES string of the molecule is COc1c(CO)cnn1-c1ccccc1C(F)(F)F. The van der Waals surface area contributed by atoms with Gasteiger partial charge in [-0.2, -0.15) is 18.3 Å². The summed E-state index contributed by atoms with van der Waals surface area (Å²) >= 11 is 0. The molecule has 0 fully saturated rings. The molecule has 0 saturated carbocycles. The lowest BCUT2D eigenvalue weighted by Gasteiger charge is -2.14. The summed E-state index contributed by atoms with van der Waals surface area (Å²) in [6.07, 6.45) is -3.22. The fraction of sp³-hybridized carbons (Fsp3) is 0.250. The predicted molar refractivity (Wildman–Crippen MR) is 61.0 cm³/mol. The Morgan fingerprint density at radius 2 is 2.00 bits per heavy atom. The molecule has 0 saturated heterocycles. The Hall–Kier alpha value is -2.02. The van der Waals surface area contributed by atoms with Crippen molar-refractivity contribution in [3.05, 3.63) is 41.6 Å². The first-order valence-electron chi connectivity index (χ1n) is 5.37. The van der Waals surface area contributed by atoms with Crippen LogP contribution in [0.4, 0.5) is 13.2 Å². The molecule has 0 unspecified atom stereocenters. The van der Waals surface area contributed by atoms with E-state index in [1.54, 1.807) is 0 Å². The van der Waals surface area contributed by atoms with Gasteiger partial charge in [-0.1, -0.05) is 12.1 Å². The van der Waals surface area contributed by atoms with E-state index in [1.165, 1.54) is 31.5 Å². The number of rotatable bonds is 3. The van der Waals surface area contributed by atoms with E-state index < -0.39 is 11.7 Å². The number of hydrogen-bond donors (Lipinski definition) is 1. The molecule has 19 heavy (non-hydrogen) atoms. The number of aliphatic hydroxyl groups excluding tert-OH is 1. The summed E-state index contributed by atoms with van der Waals surface area (Å²) in [4.78, 5) is 0. The first-order valence-corrected chi connectivity index (χ1v) is 5.37. The second-order valence-corrected chi connectivity index (χ2v) is 3.76. The summed E-state index contributed by atoms with van der Waals surface area (Å²) in [6, 6.07) is 5.04. The lowest BCUT2D eigenvalue weighted by atomic mass is 10.1. The molecule has 1 heterocycles. The average molecular weight is 272 g/mol. The fourth-order valence-electron chi connectivity index (χ4n) is 1.77. The largest absolute Gasteiger partial charge is 0.481 e. The van der Waals surface area contributed by atoms with Gasteiger partial charge in [0.05, 0.1) is 36.7 Å². The molecule has 2 aromatic rings. The smallest absolute Gasteiger partial charge is 0.418 e. The molecule has 2 rings (SSSR count). The maximum atomic E-state index is 12.9. The summed E-state index contributed by atoms with van der Waals surface area (Å²) in [6.45, 7) is -0.364. The monoisotopic (exact) mass is 272 g/mol. The maximum absolute atomic E-state index is 12.9. The number of aromatic nitrogens is 2. The lowest BCUT2D eigenvalue weighted by molar-refractivity contribution is -0.137. The Morgan fingerprint density at radius 1 is 1.32 bits per heavy atom. The van der Waals surface area contributed by atoms with Gasteiger partial charge in [-0.3, -0.25) is 0 Å². The lowest BCUT2D eigenvalue weighted by Crippen LogP contribution is -2.12. The Bertz CT molecular complexity index is 579. The van der Waals surface area contributed by atoms with Crippen LogP contribution in [-0.4, -0.2) is 22.0 Å². The van der Waals surface area contributed by atoms with E-state index in [0.717, 1.165) is 10.7 Å². The molecule has 102 valence electrons. The zero-order valence-corrected chi connectivity index (χ0v) is 9.98. The van der Waals surface area contributed by atoms with Crippen LogP contribution in [-0.2, 0) is 12.8 Å². The number of alkyl halides is 3. The summed E-state index contributed by atoms with van der Waals surface area (Å²) in [7, 11) is 1.31. The number of ether oxygens (including phenoxy) is 1. The van der Waals surface area contributed by atoms with Crippen LogP contribution in [0.3, 0.4) is 0 Å². The van der Waals surface area contributed by atoms with Crippen molar-refractivity contribution in [1.29, 1.82) is 0 Å². The van der Waals surface area contributed by atoms with Crippen LogP contribution in [0.2, 0.25) is 0 Å². The summed E-state index contributed by atoms with van der Waals surface area (Å²) in [5.41, 5.74) is -0.646. The third-order valence-corrected chi connectivity index (χ3v) is 2.60. The quantitative estimate of drug-likeness (QED) is 0.933. The first-order chi connectivity index (χ1) is 8.99. The molecular weight excluding hydrogens is 261 g/mol. The van der Waals surface area contributed by atoms with E-state index in [0.29, 0.717) is 5.56 Å². The van der Waals surface area contributed by atoms with Crippen LogP contribution in [0.15, 0.2) is 30.5 Å². The zero-order valence-electron chi connectivity index (χ0n) is 9.98. The standard InChI is InChI=1S/C12H11F3N2O2/c1-19-11-8(7-18)6-16-17(11)10-5-3-2-4-9(10)12(13,14)15/h2-6,18H,7H2,1H3. The van der Waals surface area contributed by atoms with Crippen LogP contribution in [0.25, 0.3) is 5.69 Å². The highest BCUT2D eigenvalue weighted by atomic mass is 19.4. The van der Waals surface area contributed by atoms with Crippen LogP contribution in [0.5, 0.6) is 5.88 Å². The zero-order chi connectivity index (χ0) is 14.0. The highest BCUT2D eigenvalue weighted by Gasteiger charge is 2.34. The summed E-state index contributed by atoms with van der Waals surface area (Å²) < 4.78 is 44.8. The molecule has 0 aliphatic heterocycles. The van der Waals surface area contributed by atoms with E-state index in [9.17, 15) is 13.2 Å². The predicted octanol–water partition coefficient (Wildman–Crippen LogP) is 2.39. The van der Waals surface area contributed by atoms with Crippen LogP contribution >= 0.6 is 0 Å². The van der Waals surface area contributed by atoms with Crippen molar-refractivity contribution < 1.29 is 23.0 Å². The van der Waals surface area contributed by atoms with E-state index in [4.69, 9.17) is 9.84 Å². The third kappa shape index (κ3) is 2.41. The van der Waals surface area contributed by atoms with Crippen molar-refractivity contribution >= 4 is 0 Å². The molecule has 0 spiro atoms. The molecule has 1 N–H and O–H groups in total. The Morgan fingerprint density at radius 3 is 2.58 bits per heavy atom.